The number of nitrogens with one attached hydrogen (secondary N) is 2. The second-order valence-electron chi connectivity index (χ2n) is 8.64. The van der Waals surface area contributed by atoms with Crippen molar-refractivity contribution in [3.63, 3.8) is 0 Å². The molecule has 0 aromatic heterocycles. The van der Waals surface area contributed by atoms with E-state index in [4.69, 9.17) is 5.73 Å². The summed E-state index contributed by atoms with van der Waals surface area (Å²) in [5.41, 5.74) is 10.1. The number of para-hydroxylation sites is 1. The van der Waals surface area contributed by atoms with Crippen LogP contribution in [0, 0.1) is 11.8 Å². The standard InChI is InChI=1S/C25H33N3O.C2H6/c26-22-14-6-5-13-21(22)25(29)27-16-8-12-20-17-19-11-4-7-15-23(19)28-24(20)18-9-2-1-3-10-18;1-2/h1-4,7,9-11,15,20-22,24,28H,5-6,8,12-14,16-17,26H2,(H,27,29);1-2H3/t20-,21-,22+,24-;/m0./s1. The van der Waals surface area contributed by atoms with Gasteiger partial charge in [0.2, 0.25) is 5.91 Å². The topological polar surface area (TPSA) is 67.2 Å². The Morgan fingerprint density at radius 1 is 1.03 bits per heavy atom. The molecule has 2 aromatic carbocycles. The van der Waals surface area contributed by atoms with Crippen molar-refractivity contribution < 1.29 is 4.79 Å². The van der Waals surface area contributed by atoms with E-state index in [1.54, 1.807) is 0 Å². The van der Waals surface area contributed by atoms with E-state index in [1.165, 1.54) is 16.8 Å². The highest BCUT2D eigenvalue weighted by Gasteiger charge is 2.30. The SMILES string of the molecule is CC.N[C@@H]1CCCC[C@@H]1C(=O)NCCC[C@H]1Cc2ccccc2N[C@H]1c1ccccc1. The van der Waals surface area contributed by atoms with Crippen LogP contribution < -0.4 is 16.4 Å². The summed E-state index contributed by atoms with van der Waals surface area (Å²) < 4.78 is 0. The van der Waals surface area contributed by atoms with E-state index < -0.39 is 0 Å². The Balaban J connectivity index is 0.00000132. The largest absolute Gasteiger partial charge is 0.378 e. The number of hydrogen-bond donors (Lipinski definition) is 3. The second kappa shape index (κ2) is 11.9. The molecular formula is C27H39N3O. The van der Waals surface area contributed by atoms with E-state index in [1.807, 2.05) is 13.8 Å². The van der Waals surface area contributed by atoms with Crippen LogP contribution in [0.5, 0.6) is 0 Å². The van der Waals surface area contributed by atoms with Gasteiger partial charge in [-0.25, -0.2) is 0 Å². The molecule has 0 radical (unpaired) electrons. The van der Waals surface area contributed by atoms with Gasteiger partial charge in [0.25, 0.3) is 0 Å². The average Bonchev–Trinajstić information content (AvgIpc) is 2.83. The molecule has 4 rings (SSSR count). The van der Waals surface area contributed by atoms with Gasteiger partial charge in [-0.15, -0.1) is 0 Å². The summed E-state index contributed by atoms with van der Waals surface area (Å²) in [6.07, 6.45) is 7.34. The maximum absolute atomic E-state index is 12.5. The van der Waals surface area contributed by atoms with Gasteiger partial charge in [0, 0.05) is 18.3 Å². The normalized spacial score (nSPS) is 24.7. The molecule has 1 aliphatic carbocycles. The number of carbonyl (C=O) groups is 1. The summed E-state index contributed by atoms with van der Waals surface area (Å²) in [7, 11) is 0. The average molecular weight is 422 g/mol. The highest BCUT2D eigenvalue weighted by molar-refractivity contribution is 5.79. The molecule has 0 unspecified atom stereocenters. The molecule has 2 aliphatic rings. The van der Waals surface area contributed by atoms with Crippen molar-refractivity contribution in [2.24, 2.45) is 17.6 Å². The first kappa shape index (κ1) is 23.3. The Morgan fingerprint density at radius 3 is 2.52 bits per heavy atom. The minimum absolute atomic E-state index is 0.00374. The van der Waals surface area contributed by atoms with E-state index >= 15 is 0 Å². The zero-order chi connectivity index (χ0) is 22.1. The van der Waals surface area contributed by atoms with Gasteiger partial charge in [-0.1, -0.05) is 75.2 Å². The lowest BCUT2D eigenvalue weighted by molar-refractivity contribution is -0.126. The van der Waals surface area contributed by atoms with Gasteiger partial charge in [0.05, 0.1) is 12.0 Å². The Morgan fingerprint density at radius 2 is 1.74 bits per heavy atom. The predicted molar refractivity (Wildman–Crippen MR) is 130 cm³/mol. The molecule has 31 heavy (non-hydrogen) atoms. The second-order valence-corrected chi connectivity index (χ2v) is 8.64. The lowest BCUT2D eigenvalue weighted by atomic mass is 9.81. The lowest BCUT2D eigenvalue weighted by Crippen LogP contribution is -2.44. The molecule has 1 saturated carbocycles. The molecule has 168 valence electrons. The third kappa shape index (κ3) is 6.10. The third-order valence-electron chi connectivity index (χ3n) is 6.65. The van der Waals surface area contributed by atoms with Crippen LogP contribution in [0.15, 0.2) is 54.6 Å². The number of hydrogen-bond acceptors (Lipinski definition) is 3. The Labute approximate surface area is 188 Å². The molecule has 1 fully saturated rings. The summed E-state index contributed by atoms with van der Waals surface area (Å²) in [6, 6.07) is 19.7. The van der Waals surface area contributed by atoms with Crippen LogP contribution >= 0.6 is 0 Å². The lowest BCUT2D eigenvalue weighted by Gasteiger charge is -2.35. The minimum Gasteiger partial charge on any atom is -0.378 e. The van der Waals surface area contributed by atoms with Crippen molar-refractivity contribution >= 4 is 11.6 Å². The molecule has 0 bridgehead atoms. The fourth-order valence-electron chi connectivity index (χ4n) is 5.00. The van der Waals surface area contributed by atoms with Crippen molar-refractivity contribution in [1.29, 1.82) is 0 Å². The summed E-state index contributed by atoms with van der Waals surface area (Å²) in [5, 5.41) is 6.92. The minimum atomic E-state index is 0.00374. The van der Waals surface area contributed by atoms with Crippen LogP contribution in [-0.4, -0.2) is 18.5 Å². The zero-order valence-electron chi connectivity index (χ0n) is 19.1. The molecule has 4 heteroatoms. The fraction of sp³-hybridized carbons (Fsp3) is 0.519. The van der Waals surface area contributed by atoms with Gasteiger partial charge < -0.3 is 16.4 Å². The number of carbonyl (C=O) groups excluding carboxylic acids is 1. The molecule has 1 amide bonds. The van der Waals surface area contributed by atoms with Crippen LogP contribution in [0.4, 0.5) is 5.69 Å². The maximum Gasteiger partial charge on any atom is 0.224 e. The number of benzene rings is 2. The number of fused-ring (bicyclic) bond motifs is 1. The van der Waals surface area contributed by atoms with E-state index in [2.05, 4.69) is 65.2 Å². The van der Waals surface area contributed by atoms with E-state index in [9.17, 15) is 4.79 Å². The highest BCUT2D eigenvalue weighted by Crippen LogP contribution is 2.38. The maximum atomic E-state index is 12.5. The molecular weight excluding hydrogens is 382 g/mol. The van der Waals surface area contributed by atoms with E-state index in [0.29, 0.717) is 12.0 Å². The van der Waals surface area contributed by atoms with Crippen LogP contribution in [0.2, 0.25) is 0 Å². The summed E-state index contributed by atoms with van der Waals surface area (Å²) in [6.45, 7) is 4.74. The molecule has 1 aliphatic heterocycles. The van der Waals surface area contributed by atoms with Gasteiger partial charge in [0.1, 0.15) is 0 Å². The number of rotatable bonds is 6. The fourth-order valence-corrected chi connectivity index (χ4v) is 5.00. The Hall–Kier alpha value is -2.33. The zero-order valence-corrected chi connectivity index (χ0v) is 19.1. The number of amides is 1. The summed E-state index contributed by atoms with van der Waals surface area (Å²) in [4.78, 5) is 12.5. The first-order valence-electron chi connectivity index (χ1n) is 12.1. The number of anilines is 1. The molecule has 0 saturated heterocycles. The predicted octanol–water partition coefficient (Wildman–Crippen LogP) is 5.45. The first-order valence-corrected chi connectivity index (χ1v) is 12.1. The summed E-state index contributed by atoms with van der Waals surface area (Å²) in [5.74, 6) is 0.675. The number of nitrogens with two attached hydrogens (primary N) is 1. The summed E-state index contributed by atoms with van der Waals surface area (Å²) >= 11 is 0. The van der Waals surface area contributed by atoms with Gasteiger partial charge in [-0.3, -0.25) is 4.79 Å². The van der Waals surface area contributed by atoms with Crippen LogP contribution in [0.1, 0.15) is 69.5 Å². The van der Waals surface area contributed by atoms with Crippen LogP contribution in [0.3, 0.4) is 0 Å². The van der Waals surface area contributed by atoms with Crippen molar-refractivity contribution in [2.75, 3.05) is 11.9 Å². The van der Waals surface area contributed by atoms with Crippen LogP contribution in [0.25, 0.3) is 0 Å². The van der Waals surface area contributed by atoms with Crippen molar-refractivity contribution in [2.45, 2.75) is 70.9 Å². The molecule has 2 aromatic rings. The van der Waals surface area contributed by atoms with Gasteiger partial charge in [-0.05, 0) is 55.2 Å². The van der Waals surface area contributed by atoms with Crippen molar-refractivity contribution in [3.8, 4) is 0 Å². The van der Waals surface area contributed by atoms with Crippen molar-refractivity contribution in [1.82, 2.24) is 5.32 Å². The highest BCUT2D eigenvalue weighted by atomic mass is 16.1. The molecule has 4 nitrogen and oxygen atoms in total. The van der Waals surface area contributed by atoms with Crippen LogP contribution in [-0.2, 0) is 11.2 Å². The smallest absolute Gasteiger partial charge is 0.224 e. The Bertz CT molecular complexity index is 807. The third-order valence-corrected chi connectivity index (χ3v) is 6.65. The first-order chi connectivity index (χ1) is 15.2. The van der Waals surface area contributed by atoms with E-state index in [-0.39, 0.29) is 17.9 Å². The monoisotopic (exact) mass is 421 g/mol. The van der Waals surface area contributed by atoms with Gasteiger partial charge in [0.15, 0.2) is 0 Å². The van der Waals surface area contributed by atoms with Crippen molar-refractivity contribution in [3.05, 3.63) is 65.7 Å². The molecule has 0 spiro atoms. The Kier molecular flexibility index (Phi) is 8.96. The van der Waals surface area contributed by atoms with Gasteiger partial charge >= 0.3 is 0 Å². The van der Waals surface area contributed by atoms with Gasteiger partial charge in [-0.2, -0.15) is 0 Å². The molecule has 4 N–H and O–H groups in total. The quantitative estimate of drug-likeness (QED) is 0.543. The van der Waals surface area contributed by atoms with E-state index in [0.717, 1.165) is 51.5 Å². The molecule has 4 atom stereocenters. The molecule has 1 heterocycles.